The lowest BCUT2D eigenvalue weighted by atomic mass is 9.90. The number of ether oxygens (including phenoxy) is 2. The predicted molar refractivity (Wildman–Crippen MR) is 142 cm³/mol. The van der Waals surface area contributed by atoms with Gasteiger partial charge in [-0.1, -0.05) is 62.3 Å². The molecule has 1 amide bonds. The zero-order chi connectivity index (χ0) is 25.5. The third kappa shape index (κ3) is 6.97. The van der Waals surface area contributed by atoms with Gasteiger partial charge < -0.3 is 14.0 Å². The van der Waals surface area contributed by atoms with E-state index in [0.717, 1.165) is 36.0 Å². The van der Waals surface area contributed by atoms with E-state index in [2.05, 4.69) is 39.6 Å². The maximum absolute atomic E-state index is 12.7. The second-order valence-corrected chi connectivity index (χ2v) is 11.4. The van der Waals surface area contributed by atoms with Crippen LogP contribution in [0.5, 0.6) is 11.5 Å². The first-order valence-electron chi connectivity index (χ1n) is 12.4. The summed E-state index contributed by atoms with van der Waals surface area (Å²) in [6.07, 6.45) is 5.77. The van der Waals surface area contributed by atoms with E-state index in [-0.39, 0.29) is 17.8 Å². The minimum absolute atomic E-state index is 0.132. The van der Waals surface area contributed by atoms with Crippen molar-refractivity contribution >= 4 is 34.1 Å². The molecule has 2 heterocycles. The first kappa shape index (κ1) is 26.4. The molecule has 0 aliphatic heterocycles. The third-order valence-corrected chi connectivity index (χ3v) is 7.95. The second-order valence-electron chi connectivity index (χ2n) is 9.40. The van der Waals surface area contributed by atoms with Gasteiger partial charge in [0.2, 0.25) is 11.0 Å². The van der Waals surface area contributed by atoms with Gasteiger partial charge in [0.1, 0.15) is 16.5 Å². The molecule has 36 heavy (non-hydrogen) atoms. The molecule has 4 rings (SSSR count). The van der Waals surface area contributed by atoms with Crippen LogP contribution in [0.3, 0.4) is 0 Å². The molecule has 1 fully saturated rings. The van der Waals surface area contributed by atoms with Crippen LogP contribution in [-0.2, 0) is 11.3 Å². The SMILES string of the molecule is COc1cccc(OC(C)c2nnc(SCC(=O)Nc3nnc(C4CCCCC4)s3)n2CC(C)C)c1. The van der Waals surface area contributed by atoms with Gasteiger partial charge in [0.05, 0.1) is 12.9 Å². The van der Waals surface area contributed by atoms with E-state index < -0.39 is 0 Å². The van der Waals surface area contributed by atoms with E-state index in [1.165, 1.54) is 42.4 Å². The van der Waals surface area contributed by atoms with Crippen LogP contribution in [0.2, 0.25) is 0 Å². The van der Waals surface area contributed by atoms with Crippen LogP contribution >= 0.6 is 23.1 Å². The monoisotopic (exact) mass is 530 g/mol. The molecule has 1 aliphatic carbocycles. The van der Waals surface area contributed by atoms with Gasteiger partial charge in [0.15, 0.2) is 17.1 Å². The number of anilines is 1. The predicted octanol–water partition coefficient (Wildman–Crippen LogP) is 5.71. The maximum Gasteiger partial charge on any atom is 0.236 e. The highest BCUT2D eigenvalue weighted by atomic mass is 32.2. The van der Waals surface area contributed by atoms with Crippen molar-refractivity contribution in [1.82, 2.24) is 25.0 Å². The van der Waals surface area contributed by atoms with Gasteiger partial charge in [-0.05, 0) is 37.8 Å². The van der Waals surface area contributed by atoms with Crippen molar-refractivity contribution < 1.29 is 14.3 Å². The minimum Gasteiger partial charge on any atom is -0.497 e. The summed E-state index contributed by atoms with van der Waals surface area (Å²) in [4.78, 5) is 12.7. The molecule has 11 heteroatoms. The summed E-state index contributed by atoms with van der Waals surface area (Å²) in [7, 11) is 1.63. The molecule has 0 spiro atoms. The Labute approximate surface area is 220 Å². The van der Waals surface area contributed by atoms with Gasteiger partial charge in [-0.3, -0.25) is 10.1 Å². The normalized spacial score (nSPS) is 15.1. The van der Waals surface area contributed by atoms with Crippen LogP contribution in [0.25, 0.3) is 0 Å². The average Bonchev–Trinajstić information content (AvgIpc) is 3.50. The van der Waals surface area contributed by atoms with Gasteiger partial charge >= 0.3 is 0 Å². The van der Waals surface area contributed by atoms with E-state index >= 15 is 0 Å². The van der Waals surface area contributed by atoms with Crippen LogP contribution in [0.15, 0.2) is 29.4 Å². The fourth-order valence-corrected chi connectivity index (χ4v) is 5.94. The molecule has 1 aliphatic rings. The average molecular weight is 531 g/mol. The summed E-state index contributed by atoms with van der Waals surface area (Å²) in [5.41, 5.74) is 0. The Morgan fingerprint density at radius 2 is 1.92 bits per heavy atom. The molecule has 0 saturated heterocycles. The van der Waals surface area contributed by atoms with Crippen molar-refractivity contribution in [3.8, 4) is 11.5 Å². The number of carbonyl (C=O) groups excluding carboxylic acids is 1. The molecular weight excluding hydrogens is 496 g/mol. The Hall–Kier alpha value is -2.66. The van der Waals surface area contributed by atoms with Crippen LogP contribution in [0.4, 0.5) is 5.13 Å². The minimum atomic E-state index is -0.328. The smallest absolute Gasteiger partial charge is 0.236 e. The molecule has 9 nitrogen and oxygen atoms in total. The summed E-state index contributed by atoms with van der Waals surface area (Å²) in [6.45, 7) is 6.94. The highest BCUT2D eigenvalue weighted by molar-refractivity contribution is 7.99. The molecule has 1 saturated carbocycles. The summed E-state index contributed by atoms with van der Waals surface area (Å²) >= 11 is 2.85. The quantitative estimate of drug-likeness (QED) is 0.314. The Morgan fingerprint density at radius 3 is 2.67 bits per heavy atom. The van der Waals surface area contributed by atoms with E-state index in [4.69, 9.17) is 9.47 Å². The van der Waals surface area contributed by atoms with Crippen LogP contribution in [0.1, 0.15) is 75.7 Å². The van der Waals surface area contributed by atoms with Crippen molar-refractivity contribution in [3.63, 3.8) is 0 Å². The van der Waals surface area contributed by atoms with Crippen molar-refractivity contribution in [2.75, 3.05) is 18.2 Å². The first-order valence-corrected chi connectivity index (χ1v) is 14.2. The molecule has 1 N–H and O–H groups in total. The maximum atomic E-state index is 12.7. The Morgan fingerprint density at radius 1 is 1.14 bits per heavy atom. The fraction of sp³-hybridized carbons (Fsp3) is 0.560. The van der Waals surface area contributed by atoms with Crippen molar-refractivity contribution in [2.45, 2.75) is 76.6 Å². The van der Waals surface area contributed by atoms with Crippen molar-refractivity contribution in [2.24, 2.45) is 5.92 Å². The number of hydrogen-bond acceptors (Lipinski definition) is 9. The van der Waals surface area contributed by atoms with Crippen LogP contribution in [0, 0.1) is 5.92 Å². The number of thioether (sulfide) groups is 1. The lowest BCUT2D eigenvalue weighted by Crippen LogP contribution is -2.17. The zero-order valence-corrected chi connectivity index (χ0v) is 22.9. The lowest BCUT2D eigenvalue weighted by Gasteiger charge is -2.18. The van der Waals surface area contributed by atoms with Crippen LogP contribution in [-0.4, -0.2) is 43.7 Å². The van der Waals surface area contributed by atoms with Gasteiger partial charge in [-0.25, -0.2) is 0 Å². The largest absolute Gasteiger partial charge is 0.497 e. The third-order valence-electron chi connectivity index (χ3n) is 5.98. The van der Waals surface area contributed by atoms with Gasteiger partial charge in [0, 0.05) is 18.5 Å². The molecule has 1 unspecified atom stereocenters. The lowest BCUT2D eigenvalue weighted by molar-refractivity contribution is -0.113. The van der Waals surface area contributed by atoms with Gasteiger partial charge in [-0.2, -0.15) is 0 Å². The highest BCUT2D eigenvalue weighted by Gasteiger charge is 2.23. The standard InChI is InChI=1S/C25H34N6O3S2/c1-16(2)14-31-22(17(3)34-20-12-8-11-19(13-20)33-4)27-30-25(31)35-15-21(32)26-24-29-28-23(36-24)18-9-6-5-7-10-18/h8,11-13,16-18H,5-7,9-10,14-15H2,1-4H3,(H,26,29,32). The molecule has 0 bridgehead atoms. The molecule has 0 radical (unpaired) electrons. The molecule has 3 aromatic rings. The van der Waals surface area contributed by atoms with E-state index in [1.807, 2.05) is 35.8 Å². The highest BCUT2D eigenvalue weighted by Crippen LogP contribution is 2.35. The van der Waals surface area contributed by atoms with Crippen molar-refractivity contribution in [3.05, 3.63) is 35.1 Å². The number of hydrogen-bond donors (Lipinski definition) is 1. The summed E-state index contributed by atoms with van der Waals surface area (Å²) < 4.78 is 13.5. The number of nitrogens with zero attached hydrogens (tertiary/aromatic N) is 5. The Kier molecular flexibility index (Phi) is 9.19. The van der Waals surface area contributed by atoms with Crippen molar-refractivity contribution in [1.29, 1.82) is 0 Å². The number of rotatable bonds is 11. The molecule has 1 aromatic carbocycles. The number of benzene rings is 1. The molecule has 1 atom stereocenters. The van der Waals surface area contributed by atoms with E-state index in [1.54, 1.807) is 7.11 Å². The molecular formula is C25H34N6O3S2. The van der Waals surface area contributed by atoms with Gasteiger partial charge in [-0.15, -0.1) is 20.4 Å². The zero-order valence-electron chi connectivity index (χ0n) is 21.3. The summed E-state index contributed by atoms with van der Waals surface area (Å²) in [5, 5.41) is 22.5. The first-order chi connectivity index (χ1) is 17.4. The number of carbonyl (C=O) groups is 1. The molecule has 194 valence electrons. The Bertz CT molecular complexity index is 1140. The topological polar surface area (TPSA) is 104 Å². The van der Waals surface area contributed by atoms with E-state index in [0.29, 0.717) is 27.9 Å². The van der Waals surface area contributed by atoms with E-state index in [9.17, 15) is 4.79 Å². The number of nitrogens with one attached hydrogen (secondary N) is 1. The Balaban J connectivity index is 1.38. The second kappa shape index (κ2) is 12.5. The number of aromatic nitrogens is 5. The molecule has 2 aromatic heterocycles. The van der Waals surface area contributed by atoms with Gasteiger partial charge in [0.25, 0.3) is 0 Å². The number of amides is 1. The number of methoxy groups -OCH3 is 1. The summed E-state index contributed by atoms with van der Waals surface area (Å²) in [6, 6.07) is 7.48. The van der Waals surface area contributed by atoms with Crippen LogP contribution < -0.4 is 14.8 Å². The summed E-state index contributed by atoms with van der Waals surface area (Å²) in [5.74, 6) is 3.07. The fourth-order valence-electron chi connectivity index (χ4n) is 4.26.